The fourth-order valence-corrected chi connectivity index (χ4v) is 11.4. The number of ether oxygens (including phenoxy) is 1. The summed E-state index contributed by atoms with van der Waals surface area (Å²) in [4.78, 5) is 9.28. The second-order valence-electron chi connectivity index (χ2n) is 15.5. The van der Waals surface area contributed by atoms with Crippen molar-refractivity contribution in [2.24, 2.45) is 0 Å². The summed E-state index contributed by atoms with van der Waals surface area (Å²) in [6, 6.07) is 65.6. The number of hydrogen-bond donors (Lipinski definition) is 0. The van der Waals surface area contributed by atoms with Crippen molar-refractivity contribution in [3.8, 4) is 89.5 Å². The van der Waals surface area contributed by atoms with Crippen LogP contribution >= 0.6 is 0 Å². The number of rotatable bonds is 7. The largest absolute Gasteiger partial charge is 0.437 e. The molecule has 0 radical (unpaired) electrons. The highest BCUT2D eigenvalue weighted by atomic mass is 28.3. The molecule has 9 aromatic rings. The summed E-state index contributed by atoms with van der Waals surface area (Å²) in [5.41, 5.74) is 14.7. The first kappa shape index (κ1) is 32.9. The number of fused-ring (bicyclic) bond motifs is 2. The number of aryl methyl sites for hydroxylation is 1. The van der Waals surface area contributed by atoms with Gasteiger partial charge in [-0.3, -0.25) is 4.98 Å². The molecule has 1 aromatic heterocycles. The van der Waals surface area contributed by atoms with Crippen molar-refractivity contribution in [1.29, 1.82) is 0 Å². The molecule has 1 aliphatic heterocycles. The molecule has 0 saturated carbocycles. The summed E-state index contributed by atoms with van der Waals surface area (Å²) >= 11 is 0. The van der Waals surface area contributed by atoms with Crippen molar-refractivity contribution in [1.82, 2.24) is 9.97 Å². The van der Waals surface area contributed by atoms with E-state index in [1.165, 1.54) is 0 Å². The molecule has 0 atom stereocenters. The quantitative estimate of drug-likeness (QED) is 0.151. The van der Waals surface area contributed by atoms with Gasteiger partial charge in [0, 0.05) is 22.1 Å². The molecule has 2 heterocycles. The third-order valence-corrected chi connectivity index (χ3v) is 14.8. The zero-order valence-electron chi connectivity index (χ0n) is 35.9. The minimum Gasteiger partial charge on any atom is -0.437 e. The summed E-state index contributed by atoms with van der Waals surface area (Å²) in [6.07, 6.45) is 3.33. The molecule has 0 aliphatic carbocycles. The average molecular weight is 778 g/mol. The van der Waals surface area contributed by atoms with Gasteiger partial charge in [0.1, 0.15) is 13.8 Å². The standard InChI is InChI=1S/C55H42N2OSi/c1-37-29-34-45-53(58-54-55(59(45,2)3)57-36-35-56-54)46(37)43-30-32-44(33-31-43)52-50(41-25-15-7-16-26-41)48(39-21-11-5-12-22-39)47(38-19-9-4-10-20-38)49(40-23-13-6-14-24-40)51(52)42-27-17-8-18-28-42/h4-36H,1-3H3/i1D3. The summed E-state index contributed by atoms with van der Waals surface area (Å²) < 4.78 is 32.7. The fourth-order valence-electron chi connectivity index (χ4n) is 8.83. The Morgan fingerprint density at radius 1 is 0.390 bits per heavy atom. The number of benzene rings is 8. The van der Waals surface area contributed by atoms with Crippen LogP contribution < -0.4 is 15.2 Å². The lowest BCUT2D eigenvalue weighted by Gasteiger charge is -2.32. The molecule has 0 fully saturated rings. The molecule has 4 heteroatoms. The van der Waals surface area contributed by atoms with E-state index in [4.69, 9.17) is 13.8 Å². The molecule has 0 N–H and O–H groups in total. The first-order valence-electron chi connectivity index (χ1n) is 21.5. The van der Waals surface area contributed by atoms with Crippen LogP contribution in [0.2, 0.25) is 13.1 Å². The Balaban J connectivity index is 1.33. The van der Waals surface area contributed by atoms with Gasteiger partial charge in [0.15, 0.2) is 0 Å². The monoisotopic (exact) mass is 777 g/mol. The van der Waals surface area contributed by atoms with Gasteiger partial charge in [-0.25, -0.2) is 4.98 Å². The van der Waals surface area contributed by atoms with E-state index in [9.17, 15) is 0 Å². The van der Waals surface area contributed by atoms with Gasteiger partial charge in [-0.1, -0.05) is 201 Å². The van der Waals surface area contributed by atoms with Gasteiger partial charge < -0.3 is 4.74 Å². The Hall–Kier alpha value is -7.14. The van der Waals surface area contributed by atoms with Crippen molar-refractivity contribution in [3.63, 3.8) is 0 Å². The average Bonchev–Trinajstić information content (AvgIpc) is 3.31. The zero-order chi connectivity index (χ0) is 42.4. The Bertz CT molecular complexity index is 2960. The maximum atomic E-state index is 8.71. The normalized spacial score (nSPS) is 13.6. The highest BCUT2D eigenvalue weighted by Crippen LogP contribution is 2.56. The van der Waals surface area contributed by atoms with Crippen LogP contribution in [-0.2, 0) is 0 Å². The van der Waals surface area contributed by atoms with E-state index in [1.807, 2.05) is 6.07 Å². The van der Waals surface area contributed by atoms with E-state index >= 15 is 0 Å². The van der Waals surface area contributed by atoms with Crippen LogP contribution in [0.15, 0.2) is 200 Å². The highest BCUT2D eigenvalue weighted by molar-refractivity contribution is 7.01. The van der Waals surface area contributed by atoms with Crippen LogP contribution in [0.5, 0.6) is 11.6 Å². The van der Waals surface area contributed by atoms with Crippen LogP contribution in [0.25, 0.3) is 77.9 Å². The molecule has 10 rings (SSSR count). The van der Waals surface area contributed by atoms with Gasteiger partial charge in [-0.2, -0.15) is 0 Å². The van der Waals surface area contributed by atoms with E-state index in [-0.39, 0.29) is 5.56 Å². The van der Waals surface area contributed by atoms with Gasteiger partial charge in [0.05, 0.1) is 5.32 Å². The van der Waals surface area contributed by atoms with E-state index in [1.54, 1.807) is 18.5 Å². The van der Waals surface area contributed by atoms with Gasteiger partial charge in [0.2, 0.25) is 5.88 Å². The second-order valence-corrected chi connectivity index (χ2v) is 19.7. The van der Waals surface area contributed by atoms with E-state index in [0.717, 1.165) is 82.8 Å². The Labute approximate surface area is 351 Å². The van der Waals surface area contributed by atoms with Crippen LogP contribution in [-0.4, -0.2) is 18.0 Å². The smallest absolute Gasteiger partial charge is 0.236 e. The molecule has 3 nitrogen and oxygen atoms in total. The predicted molar refractivity (Wildman–Crippen MR) is 248 cm³/mol. The van der Waals surface area contributed by atoms with E-state index in [2.05, 4.69) is 194 Å². The molecule has 0 spiro atoms. The zero-order valence-corrected chi connectivity index (χ0v) is 33.9. The van der Waals surface area contributed by atoms with Crippen LogP contribution in [0, 0.1) is 6.85 Å². The summed E-state index contributed by atoms with van der Waals surface area (Å²) in [5.74, 6) is 0.994. The second kappa shape index (κ2) is 15.0. The minimum absolute atomic E-state index is 0.237. The maximum Gasteiger partial charge on any atom is 0.236 e. The van der Waals surface area contributed by atoms with Gasteiger partial charge in [-0.15, -0.1) is 0 Å². The number of nitrogens with zero attached hydrogens (tertiary/aromatic N) is 2. The molecule has 0 amide bonds. The van der Waals surface area contributed by atoms with Crippen molar-refractivity contribution in [3.05, 3.63) is 206 Å². The fraction of sp³-hybridized carbons (Fsp3) is 0.0545. The van der Waals surface area contributed by atoms with Gasteiger partial charge >= 0.3 is 0 Å². The van der Waals surface area contributed by atoms with Crippen LogP contribution in [0.3, 0.4) is 0 Å². The summed E-state index contributed by atoms with van der Waals surface area (Å²) in [5, 5.41) is 1.84. The van der Waals surface area contributed by atoms with Crippen molar-refractivity contribution in [2.75, 3.05) is 0 Å². The van der Waals surface area contributed by atoms with Crippen molar-refractivity contribution < 1.29 is 8.85 Å². The highest BCUT2D eigenvalue weighted by Gasteiger charge is 2.40. The summed E-state index contributed by atoms with van der Waals surface area (Å²) in [7, 11) is -2.42. The molecule has 0 bridgehead atoms. The SMILES string of the molecule is [2H]C([2H])([2H])c1ccc2c(c1-c1ccc(-c3c(-c4ccccc4)c(-c4ccccc4)c(-c4ccccc4)c(-c4ccccc4)c3-c3ccccc3)cc1)Oc1nccnc1[Si]2(C)C. The topological polar surface area (TPSA) is 35.0 Å². The molecule has 0 saturated heterocycles. The molecule has 0 unspecified atom stereocenters. The third kappa shape index (κ3) is 6.30. The molecular formula is C55H42N2OSi. The lowest BCUT2D eigenvalue weighted by Crippen LogP contribution is -2.57. The van der Waals surface area contributed by atoms with E-state index < -0.39 is 14.9 Å². The maximum absolute atomic E-state index is 8.71. The predicted octanol–water partition coefficient (Wildman–Crippen LogP) is 13.4. The number of aromatic nitrogens is 2. The van der Waals surface area contributed by atoms with Crippen LogP contribution in [0.1, 0.15) is 9.68 Å². The van der Waals surface area contributed by atoms with Crippen LogP contribution in [0.4, 0.5) is 0 Å². The summed E-state index contributed by atoms with van der Waals surface area (Å²) in [6.45, 7) is 2.03. The van der Waals surface area contributed by atoms with Crippen molar-refractivity contribution >= 4 is 18.6 Å². The lowest BCUT2D eigenvalue weighted by atomic mass is 9.74. The molecular weight excluding hydrogens is 733 g/mol. The lowest BCUT2D eigenvalue weighted by molar-refractivity contribution is 0.466. The number of hydrogen-bond acceptors (Lipinski definition) is 3. The van der Waals surface area contributed by atoms with E-state index in [0.29, 0.717) is 17.2 Å². The van der Waals surface area contributed by atoms with Crippen molar-refractivity contribution in [2.45, 2.75) is 19.9 Å². The Morgan fingerprint density at radius 3 is 1.10 bits per heavy atom. The Kier molecular flexibility index (Phi) is 8.35. The first-order valence-corrected chi connectivity index (χ1v) is 23.0. The minimum atomic E-state index is -2.42. The molecule has 59 heavy (non-hydrogen) atoms. The molecule has 8 aromatic carbocycles. The molecule has 282 valence electrons. The molecule has 1 aliphatic rings. The first-order chi connectivity index (χ1) is 30.2. The van der Waals surface area contributed by atoms with Gasteiger partial charge in [-0.05, 0) is 89.9 Å². The Morgan fingerprint density at radius 2 is 0.729 bits per heavy atom. The third-order valence-electron chi connectivity index (χ3n) is 11.6. The van der Waals surface area contributed by atoms with Gasteiger partial charge in [0.25, 0.3) is 0 Å².